The van der Waals surface area contributed by atoms with Crippen LogP contribution in [0.4, 0.5) is 5.69 Å². The fourth-order valence-corrected chi connectivity index (χ4v) is 2.56. The summed E-state index contributed by atoms with van der Waals surface area (Å²) >= 11 is 11.7. The molecule has 2 aromatic rings. The van der Waals surface area contributed by atoms with Gasteiger partial charge in [0.2, 0.25) is 10.0 Å². The standard InChI is InChI=1S/C13H10Cl2N2O3S/c14-8-4-5-12(15)11(6-8)13(18)17-9-2-1-3-10(7-9)21(16,19)20/h1-7H,(H,17,18)(H2,16,19,20). The van der Waals surface area contributed by atoms with E-state index in [0.29, 0.717) is 5.02 Å². The number of nitrogens with one attached hydrogen (secondary N) is 1. The fraction of sp³-hybridized carbons (Fsp3) is 0. The summed E-state index contributed by atoms with van der Waals surface area (Å²) in [7, 11) is -3.84. The average Bonchev–Trinajstić information content (AvgIpc) is 2.41. The van der Waals surface area contributed by atoms with Crippen molar-refractivity contribution in [3.63, 3.8) is 0 Å². The van der Waals surface area contributed by atoms with Crippen molar-refractivity contribution in [2.24, 2.45) is 5.14 Å². The molecule has 0 aliphatic rings. The Labute approximate surface area is 131 Å². The van der Waals surface area contributed by atoms with Crippen molar-refractivity contribution < 1.29 is 13.2 Å². The van der Waals surface area contributed by atoms with Gasteiger partial charge >= 0.3 is 0 Å². The van der Waals surface area contributed by atoms with E-state index >= 15 is 0 Å². The SMILES string of the molecule is NS(=O)(=O)c1cccc(NC(=O)c2cc(Cl)ccc2Cl)c1. The van der Waals surface area contributed by atoms with E-state index < -0.39 is 15.9 Å². The van der Waals surface area contributed by atoms with E-state index in [2.05, 4.69) is 5.32 Å². The van der Waals surface area contributed by atoms with Crippen molar-refractivity contribution in [3.05, 3.63) is 58.1 Å². The lowest BCUT2D eigenvalue weighted by atomic mass is 10.2. The van der Waals surface area contributed by atoms with E-state index in [1.165, 1.54) is 36.4 Å². The number of hydrogen-bond donors (Lipinski definition) is 2. The maximum atomic E-state index is 12.1. The molecule has 8 heteroatoms. The lowest BCUT2D eigenvalue weighted by Crippen LogP contribution is -2.15. The van der Waals surface area contributed by atoms with Crippen LogP contribution in [0.2, 0.25) is 10.0 Å². The molecule has 0 heterocycles. The van der Waals surface area contributed by atoms with E-state index in [0.717, 1.165) is 0 Å². The summed E-state index contributed by atoms with van der Waals surface area (Å²) in [6.07, 6.45) is 0. The number of carbonyl (C=O) groups is 1. The molecule has 0 fully saturated rings. The molecule has 3 N–H and O–H groups in total. The molecule has 0 bridgehead atoms. The first-order valence-corrected chi connectivity index (χ1v) is 7.97. The van der Waals surface area contributed by atoms with Gasteiger partial charge in [-0.2, -0.15) is 0 Å². The zero-order valence-corrected chi connectivity index (χ0v) is 12.8. The van der Waals surface area contributed by atoms with Crippen LogP contribution in [0.1, 0.15) is 10.4 Å². The summed E-state index contributed by atoms with van der Waals surface area (Å²) in [6.45, 7) is 0. The Morgan fingerprint density at radius 1 is 1.10 bits per heavy atom. The number of nitrogens with two attached hydrogens (primary N) is 1. The van der Waals surface area contributed by atoms with Crippen molar-refractivity contribution in [2.75, 3.05) is 5.32 Å². The molecule has 0 atom stereocenters. The van der Waals surface area contributed by atoms with Crippen LogP contribution in [0.15, 0.2) is 47.4 Å². The van der Waals surface area contributed by atoms with Crippen molar-refractivity contribution in [1.29, 1.82) is 0 Å². The molecule has 0 radical (unpaired) electrons. The highest BCUT2D eigenvalue weighted by atomic mass is 35.5. The van der Waals surface area contributed by atoms with Crippen LogP contribution in [0, 0.1) is 0 Å². The maximum absolute atomic E-state index is 12.1. The Morgan fingerprint density at radius 2 is 1.81 bits per heavy atom. The summed E-state index contributed by atoms with van der Waals surface area (Å²) in [5, 5.41) is 8.17. The third-order valence-electron chi connectivity index (χ3n) is 2.59. The fourth-order valence-electron chi connectivity index (χ4n) is 1.62. The Bertz CT molecular complexity index is 807. The minimum absolute atomic E-state index is 0.0995. The number of sulfonamides is 1. The molecular formula is C13H10Cl2N2O3S. The topological polar surface area (TPSA) is 89.3 Å². The zero-order valence-electron chi connectivity index (χ0n) is 10.5. The molecule has 0 aromatic heterocycles. The highest BCUT2D eigenvalue weighted by molar-refractivity contribution is 7.89. The van der Waals surface area contributed by atoms with Crippen LogP contribution >= 0.6 is 23.2 Å². The minimum Gasteiger partial charge on any atom is -0.322 e. The van der Waals surface area contributed by atoms with E-state index in [1.54, 1.807) is 6.07 Å². The lowest BCUT2D eigenvalue weighted by molar-refractivity contribution is 0.102. The van der Waals surface area contributed by atoms with Gasteiger partial charge < -0.3 is 5.32 Å². The monoisotopic (exact) mass is 344 g/mol. The second-order valence-electron chi connectivity index (χ2n) is 4.15. The number of halogens is 2. The number of carbonyl (C=O) groups excluding carboxylic acids is 1. The third-order valence-corrected chi connectivity index (χ3v) is 4.07. The van der Waals surface area contributed by atoms with E-state index in [-0.39, 0.29) is 21.2 Å². The van der Waals surface area contributed by atoms with Gasteiger partial charge in [0.15, 0.2) is 0 Å². The average molecular weight is 345 g/mol. The van der Waals surface area contributed by atoms with Gasteiger partial charge in [-0.15, -0.1) is 0 Å². The summed E-state index contributed by atoms with van der Waals surface area (Å²) in [4.78, 5) is 12.0. The molecular weight excluding hydrogens is 335 g/mol. The predicted molar refractivity (Wildman–Crippen MR) is 82.2 cm³/mol. The molecule has 2 rings (SSSR count). The van der Waals surface area contributed by atoms with Crippen LogP contribution < -0.4 is 10.5 Å². The van der Waals surface area contributed by atoms with Gasteiger partial charge in [-0.05, 0) is 36.4 Å². The first-order chi connectivity index (χ1) is 9.77. The first kappa shape index (κ1) is 15.8. The maximum Gasteiger partial charge on any atom is 0.257 e. The Balaban J connectivity index is 2.30. The number of amides is 1. The zero-order chi connectivity index (χ0) is 15.6. The number of hydrogen-bond acceptors (Lipinski definition) is 3. The van der Waals surface area contributed by atoms with Gasteiger partial charge in [-0.25, -0.2) is 13.6 Å². The molecule has 0 aliphatic carbocycles. The van der Waals surface area contributed by atoms with Crippen LogP contribution in [-0.4, -0.2) is 14.3 Å². The van der Waals surface area contributed by atoms with Crippen molar-refractivity contribution >= 4 is 44.8 Å². The van der Waals surface area contributed by atoms with E-state index in [4.69, 9.17) is 28.3 Å². The third kappa shape index (κ3) is 3.95. The molecule has 110 valence electrons. The minimum atomic E-state index is -3.84. The summed E-state index contributed by atoms with van der Waals surface area (Å²) < 4.78 is 22.5. The molecule has 0 spiro atoms. The molecule has 5 nitrogen and oxygen atoms in total. The highest BCUT2D eigenvalue weighted by Crippen LogP contribution is 2.22. The van der Waals surface area contributed by atoms with Gasteiger partial charge in [-0.3, -0.25) is 4.79 Å². The van der Waals surface area contributed by atoms with Crippen molar-refractivity contribution in [3.8, 4) is 0 Å². The highest BCUT2D eigenvalue weighted by Gasteiger charge is 2.13. The Hall–Kier alpha value is -1.60. The molecule has 0 saturated heterocycles. The smallest absolute Gasteiger partial charge is 0.257 e. The van der Waals surface area contributed by atoms with E-state index in [1.807, 2.05) is 0 Å². The van der Waals surface area contributed by atoms with Gasteiger partial charge in [-0.1, -0.05) is 29.3 Å². The van der Waals surface area contributed by atoms with Crippen LogP contribution in [-0.2, 0) is 10.0 Å². The first-order valence-electron chi connectivity index (χ1n) is 5.66. The van der Waals surface area contributed by atoms with Crippen molar-refractivity contribution in [2.45, 2.75) is 4.90 Å². The number of benzene rings is 2. The van der Waals surface area contributed by atoms with Crippen molar-refractivity contribution in [1.82, 2.24) is 0 Å². The molecule has 0 unspecified atom stereocenters. The quantitative estimate of drug-likeness (QED) is 0.896. The number of rotatable bonds is 3. The lowest BCUT2D eigenvalue weighted by Gasteiger charge is -2.08. The normalized spacial score (nSPS) is 11.2. The largest absolute Gasteiger partial charge is 0.322 e. The van der Waals surface area contributed by atoms with E-state index in [9.17, 15) is 13.2 Å². The van der Waals surface area contributed by atoms with Crippen LogP contribution in [0.25, 0.3) is 0 Å². The molecule has 0 saturated carbocycles. The molecule has 0 aliphatic heterocycles. The molecule has 21 heavy (non-hydrogen) atoms. The van der Waals surface area contributed by atoms with Gasteiger partial charge in [0, 0.05) is 10.7 Å². The van der Waals surface area contributed by atoms with Gasteiger partial charge in [0.05, 0.1) is 15.5 Å². The van der Waals surface area contributed by atoms with Gasteiger partial charge in [0.25, 0.3) is 5.91 Å². The Morgan fingerprint density at radius 3 is 2.48 bits per heavy atom. The van der Waals surface area contributed by atoms with Crippen LogP contribution in [0.5, 0.6) is 0 Å². The summed E-state index contributed by atoms with van der Waals surface area (Å²) in [5.74, 6) is -0.505. The molecule has 1 amide bonds. The second kappa shape index (κ2) is 6.03. The number of primary sulfonamides is 1. The summed E-state index contributed by atoms with van der Waals surface area (Å²) in [5.41, 5.74) is 0.466. The van der Waals surface area contributed by atoms with Crippen LogP contribution in [0.3, 0.4) is 0 Å². The number of anilines is 1. The Kier molecular flexibility index (Phi) is 4.53. The summed E-state index contributed by atoms with van der Waals surface area (Å²) in [6, 6.07) is 10.1. The van der Waals surface area contributed by atoms with Gasteiger partial charge in [0.1, 0.15) is 0 Å². The second-order valence-corrected chi connectivity index (χ2v) is 6.56. The molecule has 2 aromatic carbocycles. The predicted octanol–water partition coefficient (Wildman–Crippen LogP) is 2.89.